The van der Waals surface area contributed by atoms with Crippen LogP contribution < -0.4 is 5.32 Å². The van der Waals surface area contributed by atoms with E-state index in [1.807, 2.05) is 13.8 Å². The molecule has 2 rings (SSSR count). The summed E-state index contributed by atoms with van der Waals surface area (Å²) in [4.78, 5) is 11.5. The molecule has 0 spiro atoms. The summed E-state index contributed by atoms with van der Waals surface area (Å²) >= 11 is 0. The largest absolute Gasteiger partial charge is 0.447 e. The Kier molecular flexibility index (Phi) is 4.30. The Morgan fingerprint density at radius 2 is 1.82 bits per heavy atom. The lowest BCUT2D eigenvalue weighted by molar-refractivity contribution is 0.0979. The molecule has 2 aliphatic carbocycles. The van der Waals surface area contributed by atoms with Gasteiger partial charge in [-0.1, -0.05) is 25.7 Å². The third-order valence-corrected chi connectivity index (χ3v) is 4.20. The van der Waals surface area contributed by atoms with Crippen LogP contribution in [0, 0.1) is 11.8 Å². The maximum Gasteiger partial charge on any atom is 0.407 e. The van der Waals surface area contributed by atoms with Crippen LogP contribution in [0.1, 0.15) is 58.8 Å². The van der Waals surface area contributed by atoms with Gasteiger partial charge in [-0.25, -0.2) is 4.79 Å². The van der Waals surface area contributed by atoms with Crippen LogP contribution in [-0.2, 0) is 4.74 Å². The molecule has 1 N–H and O–H groups in total. The molecule has 0 heterocycles. The number of nitrogens with one attached hydrogen (secondary N) is 1. The van der Waals surface area contributed by atoms with E-state index in [4.69, 9.17) is 4.74 Å². The molecule has 0 bridgehead atoms. The molecule has 0 unspecified atom stereocenters. The molecule has 2 fully saturated rings. The summed E-state index contributed by atoms with van der Waals surface area (Å²) in [6, 6.07) is 0.348. The lowest BCUT2D eigenvalue weighted by Crippen LogP contribution is -2.42. The van der Waals surface area contributed by atoms with Crippen LogP contribution in [0.4, 0.5) is 4.79 Å². The number of amides is 1. The summed E-state index contributed by atoms with van der Waals surface area (Å²) in [6.45, 7) is 3.77. The molecule has 0 saturated heterocycles. The van der Waals surface area contributed by atoms with Crippen LogP contribution in [0.25, 0.3) is 0 Å². The topological polar surface area (TPSA) is 38.3 Å². The van der Waals surface area contributed by atoms with Crippen molar-refractivity contribution in [2.75, 3.05) is 0 Å². The first-order valence-corrected chi connectivity index (χ1v) is 7.12. The average Bonchev–Trinajstić information content (AvgIpc) is 2.27. The third kappa shape index (κ3) is 3.62. The molecule has 2 saturated carbocycles. The molecule has 98 valence electrons. The monoisotopic (exact) mass is 239 g/mol. The van der Waals surface area contributed by atoms with Crippen molar-refractivity contribution in [2.45, 2.75) is 70.9 Å². The van der Waals surface area contributed by atoms with Crippen molar-refractivity contribution in [1.82, 2.24) is 5.32 Å². The second-order valence-corrected chi connectivity index (χ2v) is 5.91. The number of fused-ring (bicyclic) bond motifs is 1. The van der Waals surface area contributed by atoms with Gasteiger partial charge in [-0.05, 0) is 44.9 Å². The number of carbonyl (C=O) groups is 1. The summed E-state index contributed by atoms with van der Waals surface area (Å²) in [5.41, 5.74) is 0. The summed E-state index contributed by atoms with van der Waals surface area (Å²) in [6.07, 6.45) is 8.89. The Hall–Kier alpha value is -0.730. The first kappa shape index (κ1) is 12.7. The zero-order valence-corrected chi connectivity index (χ0v) is 11.1. The van der Waals surface area contributed by atoms with Crippen LogP contribution in [0.15, 0.2) is 0 Å². The van der Waals surface area contributed by atoms with Crippen LogP contribution in [0.3, 0.4) is 0 Å². The summed E-state index contributed by atoms with van der Waals surface area (Å²) in [7, 11) is 0. The fourth-order valence-corrected chi connectivity index (χ4v) is 3.42. The average molecular weight is 239 g/mol. The van der Waals surface area contributed by atoms with Crippen molar-refractivity contribution < 1.29 is 9.53 Å². The molecule has 0 aromatic rings. The molecular weight excluding hydrogens is 214 g/mol. The van der Waals surface area contributed by atoms with Gasteiger partial charge >= 0.3 is 6.09 Å². The highest BCUT2D eigenvalue weighted by atomic mass is 16.6. The van der Waals surface area contributed by atoms with E-state index in [9.17, 15) is 4.79 Å². The van der Waals surface area contributed by atoms with E-state index >= 15 is 0 Å². The van der Waals surface area contributed by atoms with E-state index in [0.29, 0.717) is 6.04 Å². The molecule has 1 amide bonds. The van der Waals surface area contributed by atoms with Gasteiger partial charge in [0.15, 0.2) is 0 Å². The smallest absolute Gasteiger partial charge is 0.407 e. The van der Waals surface area contributed by atoms with Crippen molar-refractivity contribution in [1.29, 1.82) is 0 Å². The van der Waals surface area contributed by atoms with Gasteiger partial charge in [0.2, 0.25) is 0 Å². The third-order valence-electron chi connectivity index (χ3n) is 4.20. The molecule has 2 aliphatic rings. The summed E-state index contributed by atoms with van der Waals surface area (Å²) in [5.74, 6) is 1.78. The number of hydrogen-bond donors (Lipinski definition) is 1. The second kappa shape index (κ2) is 5.74. The maximum atomic E-state index is 11.5. The lowest BCUT2D eigenvalue weighted by atomic mass is 9.69. The minimum Gasteiger partial charge on any atom is -0.447 e. The molecule has 17 heavy (non-hydrogen) atoms. The molecule has 3 nitrogen and oxygen atoms in total. The Morgan fingerprint density at radius 3 is 2.53 bits per heavy atom. The van der Waals surface area contributed by atoms with E-state index in [1.54, 1.807) is 0 Å². The molecule has 0 aromatic heterocycles. The van der Waals surface area contributed by atoms with E-state index in [2.05, 4.69) is 5.32 Å². The number of rotatable bonds is 2. The Morgan fingerprint density at radius 1 is 1.12 bits per heavy atom. The first-order chi connectivity index (χ1) is 8.15. The van der Waals surface area contributed by atoms with Gasteiger partial charge in [0.1, 0.15) is 0 Å². The van der Waals surface area contributed by atoms with Crippen molar-refractivity contribution >= 4 is 6.09 Å². The minimum atomic E-state index is -0.237. The fraction of sp³-hybridized carbons (Fsp3) is 0.929. The summed E-state index contributed by atoms with van der Waals surface area (Å²) < 4.78 is 5.14. The predicted octanol–water partition coefficient (Wildman–Crippen LogP) is 3.48. The van der Waals surface area contributed by atoms with Crippen molar-refractivity contribution in [3.05, 3.63) is 0 Å². The first-order valence-electron chi connectivity index (χ1n) is 7.12. The predicted molar refractivity (Wildman–Crippen MR) is 67.8 cm³/mol. The number of hydrogen-bond acceptors (Lipinski definition) is 2. The highest BCUT2D eigenvalue weighted by molar-refractivity contribution is 5.67. The van der Waals surface area contributed by atoms with Gasteiger partial charge < -0.3 is 10.1 Å². The molecule has 3 heteroatoms. The van der Waals surface area contributed by atoms with Crippen LogP contribution in [0.2, 0.25) is 0 Å². The summed E-state index contributed by atoms with van der Waals surface area (Å²) in [5, 5.41) is 3.02. The van der Waals surface area contributed by atoms with E-state index < -0.39 is 0 Å². The standard InChI is InChI=1S/C14H25NO2/c1-10(2)17-14(16)15-13-8-7-11-5-3-4-6-12(11)9-13/h10-13H,3-9H2,1-2H3,(H,15,16)/t11-,12-,13-/m1/s1. The van der Waals surface area contributed by atoms with E-state index in [-0.39, 0.29) is 12.2 Å². The molecule has 0 radical (unpaired) electrons. The highest BCUT2D eigenvalue weighted by Crippen LogP contribution is 2.40. The van der Waals surface area contributed by atoms with E-state index in [0.717, 1.165) is 24.7 Å². The maximum absolute atomic E-state index is 11.5. The zero-order valence-electron chi connectivity index (χ0n) is 11.1. The molecule has 3 atom stereocenters. The van der Waals surface area contributed by atoms with Gasteiger partial charge in [-0.15, -0.1) is 0 Å². The van der Waals surface area contributed by atoms with Gasteiger partial charge in [0, 0.05) is 6.04 Å². The van der Waals surface area contributed by atoms with Crippen LogP contribution in [-0.4, -0.2) is 18.2 Å². The molecular formula is C14H25NO2. The van der Waals surface area contributed by atoms with Crippen molar-refractivity contribution in [3.8, 4) is 0 Å². The van der Waals surface area contributed by atoms with Crippen molar-refractivity contribution in [2.24, 2.45) is 11.8 Å². The Balaban J connectivity index is 1.77. The van der Waals surface area contributed by atoms with Gasteiger partial charge in [-0.2, -0.15) is 0 Å². The fourth-order valence-electron chi connectivity index (χ4n) is 3.42. The van der Waals surface area contributed by atoms with Gasteiger partial charge in [0.05, 0.1) is 6.10 Å². The van der Waals surface area contributed by atoms with Crippen molar-refractivity contribution in [3.63, 3.8) is 0 Å². The number of carbonyl (C=O) groups excluding carboxylic acids is 1. The minimum absolute atomic E-state index is 0.0268. The normalized spacial score (nSPS) is 33.0. The van der Waals surface area contributed by atoms with Crippen LogP contribution in [0.5, 0.6) is 0 Å². The Bertz CT molecular complexity index is 265. The van der Waals surface area contributed by atoms with Crippen LogP contribution >= 0.6 is 0 Å². The number of alkyl carbamates (subject to hydrolysis) is 1. The molecule has 0 aromatic carbocycles. The van der Waals surface area contributed by atoms with Gasteiger partial charge in [0.25, 0.3) is 0 Å². The SMILES string of the molecule is CC(C)OC(=O)N[C@@H]1CC[C@H]2CCCC[C@@H]2C1. The molecule has 0 aliphatic heterocycles. The van der Waals surface area contributed by atoms with E-state index in [1.165, 1.54) is 32.1 Å². The Labute approximate surface area is 104 Å². The van der Waals surface area contributed by atoms with Gasteiger partial charge in [-0.3, -0.25) is 0 Å². The lowest BCUT2D eigenvalue weighted by Gasteiger charge is -2.39. The quantitative estimate of drug-likeness (QED) is 0.801. The number of ether oxygens (including phenoxy) is 1. The highest BCUT2D eigenvalue weighted by Gasteiger charge is 2.32. The second-order valence-electron chi connectivity index (χ2n) is 5.91. The zero-order chi connectivity index (χ0) is 12.3.